The van der Waals surface area contributed by atoms with Crippen molar-refractivity contribution in [1.82, 2.24) is 0 Å². The number of rotatable bonds is 3. The van der Waals surface area contributed by atoms with Gasteiger partial charge in [-0.15, -0.1) is 0 Å². The SMILES string of the molecule is CCOC(C)(CC)C(C)(C)C. The standard InChI is InChI=1S/C10H22O/c1-7-10(6,11-8-2)9(3,4)5/h7-8H2,1-6H3. The van der Waals surface area contributed by atoms with E-state index >= 15 is 0 Å². The zero-order chi connectivity index (χ0) is 9.12. The summed E-state index contributed by atoms with van der Waals surface area (Å²) in [5, 5.41) is 0. The van der Waals surface area contributed by atoms with Crippen molar-refractivity contribution >= 4 is 0 Å². The Bertz CT molecular complexity index is 113. The van der Waals surface area contributed by atoms with Gasteiger partial charge in [0.25, 0.3) is 0 Å². The molecule has 0 aromatic carbocycles. The highest BCUT2D eigenvalue weighted by Crippen LogP contribution is 2.35. The Morgan fingerprint density at radius 3 is 1.55 bits per heavy atom. The van der Waals surface area contributed by atoms with Crippen molar-refractivity contribution in [3.63, 3.8) is 0 Å². The van der Waals surface area contributed by atoms with Gasteiger partial charge in [-0.25, -0.2) is 0 Å². The normalized spacial score (nSPS) is 18.0. The minimum absolute atomic E-state index is 0.0295. The molecule has 68 valence electrons. The molecule has 0 amide bonds. The molecule has 0 saturated carbocycles. The van der Waals surface area contributed by atoms with Crippen molar-refractivity contribution in [2.75, 3.05) is 6.61 Å². The average Bonchev–Trinajstić information content (AvgIpc) is 1.86. The first-order valence-corrected chi connectivity index (χ1v) is 4.51. The third-order valence-electron chi connectivity index (χ3n) is 2.72. The van der Waals surface area contributed by atoms with Crippen LogP contribution in [0.15, 0.2) is 0 Å². The van der Waals surface area contributed by atoms with Crippen molar-refractivity contribution in [2.45, 2.75) is 53.6 Å². The summed E-state index contributed by atoms with van der Waals surface area (Å²) in [5.41, 5.74) is 0.263. The molecule has 1 atom stereocenters. The fourth-order valence-corrected chi connectivity index (χ4v) is 1.17. The van der Waals surface area contributed by atoms with Crippen LogP contribution in [0.1, 0.15) is 48.0 Å². The molecular weight excluding hydrogens is 136 g/mol. The van der Waals surface area contributed by atoms with Crippen molar-refractivity contribution < 1.29 is 4.74 Å². The number of ether oxygens (including phenoxy) is 1. The minimum Gasteiger partial charge on any atom is -0.375 e. The van der Waals surface area contributed by atoms with Crippen LogP contribution >= 0.6 is 0 Å². The molecule has 0 aliphatic carbocycles. The van der Waals surface area contributed by atoms with E-state index in [4.69, 9.17) is 4.74 Å². The first-order chi connectivity index (χ1) is 4.87. The van der Waals surface area contributed by atoms with Crippen LogP contribution in [-0.2, 0) is 4.74 Å². The summed E-state index contributed by atoms with van der Waals surface area (Å²) < 4.78 is 5.74. The lowest BCUT2D eigenvalue weighted by Gasteiger charge is -2.41. The predicted molar refractivity (Wildman–Crippen MR) is 49.8 cm³/mol. The highest BCUT2D eigenvalue weighted by molar-refractivity contribution is 4.86. The molecule has 0 N–H and O–H groups in total. The van der Waals surface area contributed by atoms with Gasteiger partial charge in [0, 0.05) is 6.61 Å². The van der Waals surface area contributed by atoms with Crippen LogP contribution in [0.25, 0.3) is 0 Å². The predicted octanol–water partition coefficient (Wildman–Crippen LogP) is 3.24. The monoisotopic (exact) mass is 158 g/mol. The van der Waals surface area contributed by atoms with Gasteiger partial charge >= 0.3 is 0 Å². The van der Waals surface area contributed by atoms with E-state index in [9.17, 15) is 0 Å². The van der Waals surface area contributed by atoms with Gasteiger partial charge in [-0.3, -0.25) is 0 Å². The molecule has 0 aliphatic rings. The second kappa shape index (κ2) is 3.57. The Morgan fingerprint density at radius 2 is 1.45 bits per heavy atom. The van der Waals surface area contributed by atoms with Gasteiger partial charge < -0.3 is 4.74 Å². The zero-order valence-corrected chi connectivity index (χ0v) is 8.82. The molecule has 0 heterocycles. The summed E-state index contributed by atoms with van der Waals surface area (Å²) in [7, 11) is 0. The van der Waals surface area contributed by atoms with Gasteiger partial charge in [-0.2, -0.15) is 0 Å². The molecule has 0 spiro atoms. The lowest BCUT2D eigenvalue weighted by atomic mass is 9.76. The van der Waals surface area contributed by atoms with Gasteiger partial charge in [0.2, 0.25) is 0 Å². The van der Waals surface area contributed by atoms with Crippen LogP contribution in [0.4, 0.5) is 0 Å². The maximum Gasteiger partial charge on any atom is 0.0699 e. The van der Waals surface area contributed by atoms with Crippen LogP contribution in [0, 0.1) is 5.41 Å². The maximum atomic E-state index is 5.74. The molecule has 0 aromatic heterocycles. The molecule has 11 heavy (non-hydrogen) atoms. The van der Waals surface area contributed by atoms with Crippen molar-refractivity contribution in [2.24, 2.45) is 5.41 Å². The highest BCUT2D eigenvalue weighted by atomic mass is 16.5. The molecule has 0 rings (SSSR count). The molecule has 0 bridgehead atoms. The summed E-state index contributed by atoms with van der Waals surface area (Å²) in [4.78, 5) is 0. The molecule has 0 aliphatic heterocycles. The Hall–Kier alpha value is -0.0400. The van der Waals surface area contributed by atoms with Gasteiger partial charge in [-0.1, -0.05) is 27.7 Å². The number of hydrogen-bond acceptors (Lipinski definition) is 1. The summed E-state index contributed by atoms with van der Waals surface area (Å²) >= 11 is 0. The number of hydrogen-bond donors (Lipinski definition) is 0. The Kier molecular flexibility index (Phi) is 3.56. The van der Waals surface area contributed by atoms with Gasteiger partial charge in [0.05, 0.1) is 5.60 Å². The van der Waals surface area contributed by atoms with E-state index < -0.39 is 0 Å². The highest BCUT2D eigenvalue weighted by Gasteiger charge is 2.36. The van der Waals surface area contributed by atoms with Gasteiger partial charge in [-0.05, 0) is 25.7 Å². The van der Waals surface area contributed by atoms with E-state index in [2.05, 4.69) is 41.5 Å². The van der Waals surface area contributed by atoms with Gasteiger partial charge in [0.1, 0.15) is 0 Å². The van der Waals surface area contributed by atoms with Gasteiger partial charge in [0.15, 0.2) is 0 Å². The molecule has 1 heteroatoms. The van der Waals surface area contributed by atoms with E-state index in [0.717, 1.165) is 13.0 Å². The summed E-state index contributed by atoms with van der Waals surface area (Å²) in [6.45, 7) is 13.9. The fourth-order valence-electron chi connectivity index (χ4n) is 1.17. The van der Waals surface area contributed by atoms with Crippen LogP contribution in [0.5, 0.6) is 0 Å². The van der Waals surface area contributed by atoms with Crippen LogP contribution < -0.4 is 0 Å². The fraction of sp³-hybridized carbons (Fsp3) is 1.00. The third kappa shape index (κ3) is 2.48. The molecule has 0 aromatic rings. The summed E-state index contributed by atoms with van der Waals surface area (Å²) in [6.07, 6.45) is 1.07. The lowest BCUT2D eigenvalue weighted by molar-refractivity contribution is -0.101. The molecule has 1 unspecified atom stereocenters. The van der Waals surface area contributed by atoms with E-state index in [0.29, 0.717) is 0 Å². The Balaban J connectivity index is 4.33. The third-order valence-corrected chi connectivity index (χ3v) is 2.72. The smallest absolute Gasteiger partial charge is 0.0699 e. The largest absolute Gasteiger partial charge is 0.375 e. The summed E-state index contributed by atoms with van der Waals surface area (Å²) in [5.74, 6) is 0. The second-order valence-electron chi connectivity index (χ2n) is 4.27. The van der Waals surface area contributed by atoms with E-state index in [1.54, 1.807) is 0 Å². The molecule has 0 radical (unpaired) electrons. The van der Waals surface area contributed by atoms with Crippen LogP contribution in [0.2, 0.25) is 0 Å². The van der Waals surface area contributed by atoms with E-state index in [1.165, 1.54) is 0 Å². The maximum absolute atomic E-state index is 5.74. The lowest BCUT2D eigenvalue weighted by Crippen LogP contribution is -2.41. The molecule has 0 saturated heterocycles. The quantitative estimate of drug-likeness (QED) is 0.612. The Morgan fingerprint density at radius 1 is 1.00 bits per heavy atom. The molecular formula is C10H22O. The van der Waals surface area contributed by atoms with E-state index in [1.807, 2.05) is 0 Å². The van der Waals surface area contributed by atoms with Crippen molar-refractivity contribution in [3.05, 3.63) is 0 Å². The second-order valence-corrected chi connectivity index (χ2v) is 4.27. The van der Waals surface area contributed by atoms with Crippen molar-refractivity contribution in [3.8, 4) is 0 Å². The minimum atomic E-state index is 0.0295. The van der Waals surface area contributed by atoms with Crippen LogP contribution in [-0.4, -0.2) is 12.2 Å². The van der Waals surface area contributed by atoms with E-state index in [-0.39, 0.29) is 11.0 Å². The first-order valence-electron chi connectivity index (χ1n) is 4.51. The molecule has 0 fully saturated rings. The Labute approximate surface area is 71.1 Å². The average molecular weight is 158 g/mol. The van der Waals surface area contributed by atoms with Crippen molar-refractivity contribution in [1.29, 1.82) is 0 Å². The molecule has 1 nitrogen and oxygen atoms in total. The first kappa shape index (κ1) is 11.0. The topological polar surface area (TPSA) is 9.23 Å². The van der Waals surface area contributed by atoms with Crippen LogP contribution in [0.3, 0.4) is 0 Å². The summed E-state index contributed by atoms with van der Waals surface area (Å²) in [6, 6.07) is 0. The zero-order valence-electron chi connectivity index (χ0n) is 8.82.